The fraction of sp³-hybridized carbons (Fsp3) is 0.250. The normalized spacial score (nSPS) is 16.4. The van der Waals surface area contributed by atoms with Crippen LogP contribution in [0, 0.1) is 6.92 Å². The Labute approximate surface area is 158 Å². The molecular weight excluding hydrogens is 364 g/mol. The average molecular weight is 384 g/mol. The van der Waals surface area contributed by atoms with Crippen molar-refractivity contribution in [3.8, 4) is 17.1 Å². The van der Waals surface area contributed by atoms with Gasteiger partial charge in [-0.3, -0.25) is 4.31 Å². The first-order valence-corrected chi connectivity index (χ1v) is 10.1. The van der Waals surface area contributed by atoms with E-state index in [4.69, 9.17) is 9.26 Å². The van der Waals surface area contributed by atoms with Gasteiger partial charge in [-0.1, -0.05) is 23.4 Å². The van der Waals surface area contributed by atoms with E-state index in [9.17, 15) is 8.42 Å². The first-order valence-electron chi connectivity index (χ1n) is 8.66. The summed E-state index contributed by atoms with van der Waals surface area (Å²) < 4.78 is 39.3. The highest BCUT2D eigenvalue weighted by Gasteiger charge is 2.37. The molecule has 1 aromatic heterocycles. The average Bonchev–Trinajstić information content (AvgIpc) is 3.23. The van der Waals surface area contributed by atoms with E-state index in [2.05, 4.69) is 5.16 Å². The van der Waals surface area contributed by atoms with Crippen molar-refractivity contribution in [2.45, 2.75) is 31.2 Å². The molecule has 0 saturated carbocycles. The number of nitrogens with zero attached hydrogens (tertiary/aromatic N) is 2. The third kappa shape index (κ3) is 2.88. The van der Waals surface area contributed by atoms with Gasteiger partial charge in [-0.05, 0) is 50.1 Å². The second-order valence-electron chi connectivity index (χ2n) is 6.68. The molecule has 1 atom stereocenters. The Kier molecular flexibility index (Phi) is 4.19. The van der Waals surface area contributed by atoms with Gasteiger partial charge in [-0.25, -0.2) is 8.42 Å². The molecule has 0 saturated heterocycles. The maximum Gasteiger partial charge on any atom is 0.268 e. The van der Waals surface area contributed by atoms with Crippen molar-refractivity contribution in [2.24, 2.45) is 0 Å². The lowest BCUT2D eigenvalue weighted by Gasteiger charge is -2.25. The molecule has 0 bridgehead atoms. The van der Waals surface area contributed by atoms with Crippen LogP contribution in [0.3, 0.4) is 0 Å². The molecule has 27 heavy (non-hydrogen) atoms. The highest BCUT2D eigenvalue weighted by atomic mass is 32.2. The number of methoxy groups -OCH3 is 1. The number of aryl methyl sites for hydroxylation is 1. The van der Waals surface area contributed by atoms with Crippen molar-refractivity contribution in [1.82, 2.24) is 5.16 Å². The van der Waals surface area contributed by atoms with Crippen LogP contribution in [0.5, 0.6) is 5.75 Å². The Hall–Kier alpha value is -2.80. The monoisotopic (exact) mass is 384 g/mol. The molecule has 0 spiro atoms. The Balaban J connectivity index is 1.86. The molecule has 3 aromatic rings. The van der Waals surface area contributed by atoms with Crippen LogP contribution in [0.15, 0.2) is 57.9 Å². The van der Waals surface area contributed by atoms with Gasteiger partial charge in [0.15, 0.2) is 5.76 Å². The second kappa shape index (κ2) is 6.42. The lowest BCUT2D eigenvalue weighted by molar-refractivity contribution is 0.402. The van der Waals surface area contributed by atoms with E-state index >= 15 is 0 Å². The standard InChI is InChI=1S/C20H20N2O4S/c1-13-10-19(26-21-13)16-8-9-18(25-3)20(12-16)27(23,24)22-14(2)11-15-6-4-5-7-17(15)22/h4-10,12,14H,11H2,1-3H3. The minimum atomic E-state index is -3.82. The van der Waals surface area contributed by atoms with Crippen molar-refractivity contribution < 1.29 is 17.7 Å². The zero-order valence-corrected chi connectivity index (χ0v) is 16.2. The number of anilines is 1. The van der Waals surface area contributed by atoms with Crippen LogP contribution >= 0.6 is 0 Å². The topological polar surface area (TPSA) is 72.6 Å². The second-order valence-corrected chi connectivity index (χ2v) is 8.46. The number of benzene rings is 2. The van der Waals surface area contributed by atoms with Crippen LogP contribution in [0.2, 0.25) is 0 Å². The van der Waals surface area contributed by atoms with Crippen molar-refractivity contribution in [1.29, 1.82) is 0 Å². The maximum atomic E-state index is 13.6. The Morgan fingerprint density at radius 2 is 1.96 bits per heavy atom. The molecule has 0 amide bonds. The predicted octanol–water partition coefficient (Wildman–Crippen LogP) is 3.80. The molecule has 140 valence electrons. The van der Waals surface area contributed by atoms with E-state index in [1.807, 2.05) is 38.1 Å². The lowest BCUT2D eigenvalue weighted by atomic mass is 10.1. The molecular formula is C20H20N2O4S. The van der Waals surface area contributed by atoms with E-state index in [1.165, 1.54) is 11.4 Å². The maximum absolute atomic E-state index is 13.6. The van der Waals surface area contributed by atoms with Gasteiger partial charge in [0.25, 0.3) is 10.0 Å². The van der Waals surface area contributed by atoms with Gasteiger partial charge in [-0.2, -0.15) is 0 Å². The first kappa shape index (κ1) is 17.6. The zero-order chi connectivity index (χ0) is 19.2. The largest absolute Gasteiger partial charge is 0.495 e. The van der Waals surface area contributed by atoms with Crippen LogP contribution in [0.4, 0.5) is 5.69 Å². The van der Waals surface area contributed by atoms with Crippen molar-refractivity contribution >= 4 is 15.7 Å². The number of hydrogen-bond donors (Lipinski definition) is 0. The Morgan fingerprint density at radius 1 is 1.19 bits per heavy atom. The summed E-state index contributed by atoms with van der Waals surface area (Å²) in [4.78, 5) is 0.111. The summed E-state index contributed by atoms with van der Waals surface area (Å²) in [7, 11) is -2.36. The number of rotatable bonds is 4. The molecule has 7 heteroatoms. The van der Waals surface area contributed by atoms with Gasteiger partial charge >= 0.3 is 0 Å². The first-order chi connectivity index (χ1) is 12.9. The van der Waals surface area contributed by atoms with Crippen LogP contribution in [0.1, 0.15) is 18.2 Å². The van der Waals surface area contributed by atoms with Gasteiger partial charge in [-0.15, -0.1) is 0 Å². The van der Waals surface area contributed by atoms with Crippen LogP contribution in [-0.4, -0.2) is 26.7 Å². The van der Waals surface area contributed by atoms with Gasteiger partial charge in [0.2, 0.25) is 0 Å². The molecule has 0 radical (unpaired) electrons. The van der Waals surface area contributed by atoms with Crippen LogP contribution in [0.25, 0.3) is 11.3 Å². The number of sulfonamides is 1. The van der Waals surface area contributed by atoms with Crippen LogP contribution in [-0.2, 0) is 16.4 Å². The molecule has 0 aliphatic carbocycles. The third-order valence-electron chi connectivity index (χ3n) is 4.76. The van der Waals surface area contributed by atoms with E-state index in [1.54, 1.807) is 24.3 Å². The van der Waals surface area contributed by atoms with Gasteiger partial charge in [0, 0.05) is 17.7 Å². The predicted molar refractivity (Wildman–Crippen MR) is 103 cm³/mol. The molecule has 4 rings (SSSR count). The minimum absolute atomic E-state index is 0.111. The molecule has 1 aliphatic rings. The third-order valence-corrected chi connectivity index (χ3v) is 6.71. The highest BCUT2D eigenvalue weighted by molar-refractivity contribution is 7.93. The lowest BCUT2D eigenvalue weighted by Crippen LogP contribution is -2.35. The molecule has 1 aliphatic heterocycles. The molecule has 6 nitrogen and oxygen atoms in total. The quantitative estimate of drug-likeness (QED) is 0.684. The summed E-state index contributed by atoms with van der Waals surface area (Å²) in [5.41, 5.74) is 3.10. The van der Waals surface area contributed by atoms with Crippen molar-refractivity contribution in [3.63, 3.8) is 0 Å². The van der Waals surface area contributed by atoms with Gasteiger partial charge in [0.05, 0.1) is 18.5 Å². The van der Waals surface area contributed by atoms with Gasteiger partial charge < -0.3 is 9.26 Å². The summed E-state index contributed by atoms with van der Waals surface area (Å²) in [6, 6.07) is 14.2. The summed E-state index contributed by atoms with van der Waals surface area (Å²) in [6.07, 6.45) is 0.679. The number of ether oxygens (including phenoxy) is 1. The van der Waals surface area contributed by atoms with E-state index in [0.29, 0.717) is 29.2 Å². The summed E-state index contributed by atoms with van der Waals surface area (Å²) in [6.45, 7) is 3.73. The van der Waals surface area contributed by atoms with Crippen molar-refractivity contribution in [2.75, 3.05) is 11.4 Å². The van der Waals surface area contributed by atoms with E-state index in [-0.39, 0.29) is 10.9 Å². The van der Waals surface area contributed by atoms with Crippen LogP contribution < -0.4 is 9.04 Å². The number of hydrogen-bond acceptors (Lipinski definition) is 5. The summed E-state index contributed by atoms with van der Waals surface area (Å²) >= 11 is 0. The van der Waals surface area contributed by atoms with E-state index < -0.39 is 10.0 Å². The molecule has 1 unspecified atom stereocenters. The number of aromatic nitrogens is 1. The summed E-state index contributed by atoms with van der Waals surface area (Å²) in [5, 5.41) is 3.88. The summed E-state index contributed by atoms with van der Waals surface area (Å²) in [5.74, 6) is 0.813. The zero-order valence-electron chi connectivity index (χ0n) is 15.3. The number of fused-ring (bicyclic) bond motifs is 1. The smallest absolute Gasteiger partial charge is 0.268 e. The Bertz CT molecular complexity index is 1100. The fourth-order valence-corrected chi connectivity index (χ4v) is 5.42. The van der Waals surface area contributed by atoms with Crippen molar-refractivity contribution in [3.05, 3.63) is 59.8 Å². The molecule has 0 N–H and O–H groups in total. The highest BCUT2D eigenvalue weighted by Crippen LogP contribution is 2.39. The fourth-order valence-electron chi connectivity index (χ4n) is 3.54. The minimum Gasteiger partial charge on any atom is -0.495 e. The van der Waals surface area contributed by atoms with Gasteiger partial charge in [0.1, 0.15) is 10.6 Å². The van der Waals surface area contributed by atoms with E-state index in [0.717, 1.165) is 11.3 Å². The molecule has 0 fully saturated rings. The molecule has 2 aromatic carbocycles. The number of para-hydroxylation sites is 1. The Morgan fingerprint density at radius 3 is 2.67 bits per heavy atom. The molecule has 2 heterocycles. The SMILES string of the molecule is COc1ccc(-c2cc(C)no2)cc1S(=O)(=O)N1c2ccccc2CC1C.